The average Bonchev–Trinajstić information content (AvgIpc) is 3.60. The van der Waals surface area contributed by atoms with Crippen LogP contribution in [-0.2, 0) is 6.54 Å². The molecule has 1 aromatic heterocycles. The van der Waals surface area contributed by atoms with Crippen molar-refractivity contribution in [2.75, 3.05) is 31.2 Å². The number of hydrogen-bond donors (Lipinski definition) is 1. The first-order chi connectivity index (χ1) is 14.6. The molecule has 1 aliphatic carbocycles. The van der Waals surface area contributed by atoms with Gasteiger partial charge in [0.05, 0.1) is 22.0 Å². The Bertz CT molecular complexity index is 1100. The molecule has 2 aliphatic rings. The molecule has 7 heteroatoms. The van der Waals surface area contributed by atoms with Crippen molar-refractivity contribution in [3.8, 4) is 0 Å². The molecule has 0 spiro atoms. The van der Waals surface area contributed by atoms with Crippen LogP contribution >= 0.6 is 11.6 Å². The molecule has 1 aliphatic heterocycles. The minimum Gasteiger partial charge on any atom is -0.321 e. The van der Waals surface area contributed by atoms with E-state index in [1.165, 1.54) is 5.56 Å². The van der Waals surface area contributed by atoms with E-state index < -0.39 is 0 Å². The largest absolute Gasteiger partial charge is 0.321 e. The molecule has 2 heterocycles. The van der Waals surface area contributed by atoms with Crippen molar-refractivity contribution in [1.82, 2.24) is 14.6 Å². The second-order valence-corrected chi connectivity index (χ2v) is 8.71. The van der Waals surface area contributed by atoms with Crippen LogP contribution in [0, 0.1) is 5.92 Å². The first-order valence-electron chi connectivity index (χ1n) is 10.6. The van der Waals surface area contributed by atoms with Crippen molar-refractivity contribution in [2.45, 2.75) is 25.4 Å². The van der Waals surface area contributed by atoms with Crippen LogP contribution < -0.4 is 16.3 Å². The second kappa shape index (κ2) is 8.02. The van der Waals surface area contributed by atoms with Crippen LogP contribution in [0.2, 0.25) is 5.02 Å². The van der Waals surface area contributed by atoms with Gasteiger partial charge in [-0.2, -0.15) is 0 Å². The van der Waals surface area contributed by atoms with Gasteiger partial charge >= 0.3 is 0 Å². The van der Waals surface area contributed by atoms with Crippen molar-refractivity contribution in [3.63, 3.8) is 0 Å². The quantitative estimate of drug-likeness (QED) is 0.683. The fourth-order valence-corrected chi connectivity index (χ4v) is 4.54. The molecule has 5 rings (SSSR count). The Morgan fingerprint density at radius 2 is 1.77 bits per heavy atom. The monoisotopic (exact) mass is 423 g/mol. The van der Waals surface area contributed by atoms with Crippen molar-refractivity contribution >= 4 is 22.5 Å². The Balaban J connectivity index is 1.46. The number of rotatable bonds is 5. The summed E-state index contributed by atoms with van der Waals surface area (Å²) in [5.74, 6) is 1.06. The number of piperazine rings is 1. The molecule has 2 aromatic carbocycles. The van der Waals surface area contributed by atoms with Gasteiger partial charge in [-0.05, 0) is 36.5 Å². The van der Waals surface area contributed by atoms with Crippen molar-refractivity contribution < 1.29 is 0 Å². The van der Waals surface area contributed by atoms with Crippen molar-refractivity contribution in [1.29, 1.82) is 0 Å². The van der Waals surface area contributed by atoms with E-state index in [2.05, 4.69) is 34.2 Å². The summed E-state index contributed by atoms with van der Waals surface area (Å²) in [4.78, 5) is 20.8. The summed E-state index contributed by atoms with van der Waals surface area (Å²) in [6.07, 6.45) is 2.19. The Kier molecular flexibility index (Phi) is 5.23. The van der Waals surface area contributed by atoms with Crippen LogP contribution in [0.1, 0.15) is 30.3 Å². The third kappa shape index (κ3) is 3.71. The maximum absolute atomic E-state index is 13.5. The van der Waals surface area contributed by atoms with E-state index in [4.69, 9.17) is 22.3 Å². The Morgan fingerprint density at radius 1 is 1.03 bits per heavy atom. The SMILES string of the molecule is NC(c1nc2cccc(Cl)c2c(=O)n1N1CCN(Cc2ccccc2)CC1)C1CC1. The zero-order valence-electron chi connectivity index (χ0n) is 16.9. The van der Waals surface area contributed by atoms with E-state index >= 15 is 0 Å². The fourth-order valence-electron chi connectivity index (χ4n) is 4.29. The molecular formula is C23H26ClN5O. The van der Waals surface area contributed by atoms with Gasteiger partial charge in [0.2, 0.25) is 0 Å². The zero-order chi connectivity index (χ0) is 20.7. The van der Waals surface area contributed by atoms with Gasteiger partial charge in [0.15, 0.2) is 0 Å². The van der Waals surface area contributed by atoms with Gasteiger partial charge in [-0.25, -0.2) is 9.66 Å². The summed E-state index contributed by atoms with van der Waals surface area (Å²) >= 11 is 6.38. The molecule has 0 amide bonds. The molecule has 3 aromatic rings. The highest BCUT2D eigenvalue weighted by molar-refractivity contribution is 6.35. The summed E-state index contributed by atoms with van der Waals surface area (Å²) in [5.41, 5.74) is 8.35. The zero-order valence-corrected chi connectivity index (χ0v) is 17.6. The lowest BCUT2D eigenvalue weighted by Gasteiger charge is -2.38. The highest BCUT2D eigenvalue weighted by atomic mass is 35.5. The van der Waals surface area contributed by atoms with E-state index in [1.54, 1.807) is 10.7 Å². The molecule has 2 fully saturated rings. The van der Waals surface area contributed by atoms with Crippen molar-refractivity contribution in [2.24, 2.45) is 11.7 Å². The summed E-state index contributed by atoms with van der Waals surface area (Å²) in [6.45, 7) is 4.16. The molecular weight excluding hydrogens is 398 g/mol. The molecule has 6 nitrogen and oxygen atoms in total. The first kappa shape index (κ1) is 19.5. The molecule has 1 saturated heterocycles. The number of benzene rings is 2. The molecule has 1 saturated carbocycles. The molecule has 30 heavy (non-hydrogen) atoms. The van der Waals surface area contributed by atoms with Gasteiger partial charge in [0.25, 0.3) is 5.56 Å². The van der Waals surface area contributed by atoms with Crippen LogP contribution in [0.4, 0.5) is 0 Å². The fraction of sp³-hybridized carbons (Fsp3) is 0.391. The summed E-state index contributed by atoms with van der Waals surface area (Å²) in [5, 5.41) is 3.00. The van der Waals surface area contributed by atoms with Crippen LogP contribution in [0.25, 0.3) is 10.9 Å². The molecule has 1 unspecified atom stereocenters. The predicted octanol–water partition coefficient (Wildman–Crippen LogP) is 2.91. The lowest BCUT2D eigenvalue weighted by Crippen LogP contribution is -2.55. The number of halogens is 1. The highest BCUT2D eigenvalue weighted by Gasteiger charge is 2.34. The van der Waals surface area contributed by atoms with E-state index in [0.29, 0.717) is 27.7 Å². The third-order valence-corrected chi connectivity index (χ3v) is 6.47. The average molecular weight is 424 g/mol. The molecule has 0 bridgehead atoms. The Hall–Kier alpha value is -2.41. The smallest absolute Gasteiger partial charge is 0.281 e. The summed E-state index contributed by atoms with van der Waals surface area (Å²) < 4.78 is 1.72. The number of nitrogens with zero attached hydrogens (tertiary/aromatic N) is 4. The van der Waals surface area contributed by atoms with Gasteiger partial charge in [-0.3, -0.25) is 9.69 Å². The normalized spacial score (nSPS) is 18.7. The van der Waals surface area contributed by atoms with E-state index in [1.807, 2.05) is 18.2 Å². The highest BCUT2D eigenvalue weighted by Crippen LogP contribution is 2.39. The number of fused-ring (bicyclic) bond motifs is 1. The number of nitrogens with two attached hydrogens (primary N) is 1. The van der Waals surface area contributed by atoms with E-state index in [9.17, 15) is 4.79 Å². The summed E-state index contributed by atoms with van der Waals surface area (Å²) in [7, 11) is 0. The van der Waals surface area contributed by atoms with Gasteiger partial charge in [-0.15, -0.1) is 0 Å². The molecule has 0 radical (unpaired) electrons. The lowest BCUT2D eigenvalue weighted by molar-refractivity contribution is 0.228. The Labute approximate surface area is 180 Å². The topological polar surface area (TPSA) is 67.4 Å². The van der Waals surface area contributed by atoms with Gasteiger partial charge < -0.3 is 10.7 Å². The number of aromatic nitrogens is 2. The first-order valence-corrected chi connectivity index (χ1v) is 11.0. The molecule has 156 valence electrons. The molecule has 1 atom stereocenters. The summed E-state index contributed by atoms with van der Waals surface area (Å²) in [6, 6.07) is 15.7. The molecule has 2 N–H and O–H groups in total. The van der Waals surface area contributed by atoms with Gasteiger partial charge in [-0.1, -0.05) is 48.0 Å². The lowest BCUT2D eigenvalue weighted by atomic mass is 10.1. The predicted molar refractivity (Wildman–Crippen MR) is 120 cm³/mol. The maximum atomic E-state index is 13.5. The van der Waals surface area contributed by atoms with Gasteiger partial charge in [0.1, 0.15) is 5.82 Å². The van der Waals surface area contributed by atoms with E-state index in [0.717, 1.165) is 45.6 Å². The van der Waals surface area contributed by atoms with Crippen LogP contribution in [-0.4, -0.2) is 40.7 Å². The minimum absolute atomic E-state index is 0.117. The van der Waals surface area contributed by atoms with Gasteiger partial charge in [0, 0.05) is 32.7 Å². The standard InChI is InChI=1S/C23H26ClN5O/c24-18-7-4-8-19-20(18)23(30)29(22(26-19)21(25)17-9-10-17)28-13-11-27(12-14-28)15-16-5-2-1-3-6-16/h1-8,17,21H,9-15,25H2. The van der Waals surface area contributed by atoms with E-state index in [-0.39, 0.29) is 11.6 Å². The second-order valence-electron chi connectivity index (χ2n) is 8.30. The van der Waals surface area contributed by atoms with Crippen LogP contribution in [0.5, 0.6) is 0 Å². The number of hydrogen-bond acceptors (Lipinski definition) is 5. The van der Waals surface area contributed by atoms with Crippen LogP contribution in [0.15, 0.2) is 53.3 Å². The van der Waals surface area contributed by atoms with Crippen LogP contribution in [0.3, 0.4) is 0 Å². The van der Waals surface area contributed by atoms with Crippen molar-refractivity contribution in [3.05, 3.63) is 75.3 Å². The Morgan fingerprint density at radius 3 is 2.47 bits per heavy atom. The minimum atomic E-state index is -0.233. The third-order valence-electron chi connectivity index (χ3n) is 6.16. The maximum Gasteiger partial charge on any atom is 0.281 e.